The number of nitrogen functional groups attached to an aromatic ring is 1. The third-order valence-electron chi connectivity index (χ3n) is 6.83. The average Bonchev–Trinajstić information content (AvgIpc) is 3.24. The number of para-hydroxylation sites is 1. The zero-order valence-corrected chi connectivity index (χ0v) is 20.4. The number of anilines is 3. The van der Waals surface area contributed by atoms with Crippen molar-refractivity contribution in [1.29, 1.82) is 0 Å². The summed E-state index contributed by atoms with van der Waals surface area (Å²) in [4.78, 5) is 20.0. The van der Waals surface area contributed by atoms with Crippen LogP contribution in [0.5, 0.6) is 0 Å². The predicted molar refractivity (Wildman–Crippen MR) is 136 cm³/mol. The van der Waals surface area contributed by atoms with Gasteiger partial charge in [0.2, 0.25) is 5.91 Å². The SMILES string of the molecule is Cc1c(C)c(NC(C)C(=O)NC2CCN(c3nc4ccccc4s3)CC2)c(C)c(C)c1N. The molecular formula is C25H33N5OS. The highest BCUT2D eigenvalue weighted by Gasteiger charge is 2.25. The van der Waals surface area contributed by atoms with E-state index in [4.69, 9.17) is 10.7 Å². The van der Waals surface area contributed by atoms with Crippen LogP contribution in [-0.2, 0) is 4.79 Å². The molecule has 0 bridgehead atoms. The molecule has 2 aromatic carbocycles. The number of nitrogens with zero attached hydrogens (tertiary/aromatic N) is 2. The number of fused-ring (bicyclic) bond motifs is 1. The Morgan fingerprint density at radius 2 is 1.72 bits per heavy atom. The van der Waals surface area contributed by atoms with Crippen molar-refractivity contribution in [3.63, 3.8) is 0 Å². The van der Waals surface area contributed by atoms with Gasteiger partial charge in [0.25, 0.3) is 0 Å². The van der Waals surface area contributed by atoms with Crippen LogP contribution in [-0.4, -0.2) is 36.1 Å². The number of nitrogens with one attached hydrogen (secondary N) is 2. The summed E-state index contributed by atoms with van der Waals surface area (Å²) in [5.74, 6) is 0.0365. The van der Waals surface area contributed by atoms with Gasteiger partial charge >= 0.3 is 0 Å². The Labute approximate surface area is 194 Å². The lowest BCUT2D eigenvalue weighted by atomic mass is 9.95. The number of amides is 1. The van der Waals surface area contributed by atoms with Crippen LogP contribution in [0, 0.1) is 27.7 Å². The van der Waals surface area contributed by atoms with Crippen LogP contribution in [0.4, 0.5) is 16.5 Å². The molecule has 170 valence electrons. The minimum atomic E-state index is -0.322. The van der Waals surface area contributed by atoms with Crippen molar-refractivity contribution in [2.75, 3.05) is 29.0 Å². The van der Waals surface area contributed by atoms with Crippen molar-refractivity contribution in [3.05, 3.63) is 46.5 Å². The van der Waals surface area contributed by atoms with Gasteiger partial charge in [0.15, 0.2) is 5.13 Å². The third-order valence-corrected chi connectivity index (χ3v) is 7.93. The summed E-state index contributed by atoms with van der Waals surface area (Å²) >= 11 is 1.74. The number of hydrogen-bond acceptors (Lipinski definition) is 6. The lowest BCUT2D eigenvalue weighted by Gasteiger charge is -2.33. The molecule has 0 aliphatic carbocycles. The van der Waals surface area contributed by atoms with E-state index in [0.717, 1.165) is 70.2 Å². The molecule has 1 amide bonds. The van der Waals surface area contributed by atoms with Gasteiger partial charge in [-0.05, 0) is 81.8 Å². The Morgan fingerprint density at radius 1 is 1.09 bits per heavy atom. The zero-order chi connectivity index (χ0) is 23.0. The van der Waals surface area contributed by atoms with E-state index in [1.54, 1.807) is 11.3 Å². The second kappa shape index (κ2) is 8.98. The van der Waals surface area contributed by atoms with Crippen LogP contribution in [0.25, 0.3) is 10.2 Å². The van der Waals surface area contributed by atoms with E-state index in [9.17, 15) is 4.79 Å². The number of aromatic nitrogens is 1. The largest absolute Gasteiger partial charge is 0.398 e. The highest BCUT2D eigenvalue weighted by atomic mass is 32.1. The number of rotatable bonds is 5. The van der Waals surface area contributed by atoms with E-state index < -0.39 is 0 Å². The number of hydrogen-bond donors (Lipinski definition) is 3. The summed E-state index contributed by atoms with van der Waals surface area (Å²) in [5.41, 5.74) is 13.5. The average molecular weight is 452 g/mol. The minimum absolute atomic E-state index is 0.0365. The standard InChI is InChI=1S/C25H33N5OS/c1-14-16(3)23(17(4)15(2)22(14)26)27-18(5)24(31)28-19-10-12-30(13-11-19)25-29-20-8-6-7-9-21(20)32-25/h6-9,18-19,27H,10-13,26H2,1-5H3,(H,28,31). The third kappa shape index (κ3) is 4.26. The van der Waals surface area contributed by atoms with E-state index in [1.165, 1.54) is 4.70 Å². The van der Waals surface area contributed by atoms with Gasteiger partial charge in [-0.15, -0.1) is 0 Å². The lowest BCUT2D eigenvalue weighted by Crippen LogP contribution is -2.48. The van der Waals surface area contributed by atoms with Gasteiger partial charge in [-0.2, -0.15) is 0 Å². The molecule has 2 heterocycles. The molecule has 32 heavy (non-hydrogen) atoms. The Kier molecular flexibility index (Phi) is 6.29. The van der Waals surface area contributed by atoms with Crippen LogP contribution < -0.4 is 21.3 Å². The fourth-order valence-corrected chi connectivity index (χ4v) is 5.39. The van der Waals surface area contributed by atoms with Gasteiger partial charge < -0.3 is 21.3 Å². The van der Waals surface area contributed by atoms with E-state index >= 15 is 0 Å². The normalized spacial score (nSPS) is 15.7. The quantitative estimate of drug-likeness (QED) is 0.490. The van der Waals surface area contributed by atoms with Crippen LogP contribution in [0.3, 0.4) is 0 Å². The number of piperidine rings is 1. The van der Waals surface area contributed by atoms with Crippen molar-refractivity contribution >= 4 is 44.0 Å². The highest BCUT2D eigenvalue weighted by Crippen LogP contribution is 2.33. The number of carbonyl (C=O) groups is 1. The summed E-state index contributed by atoms with van der Waals surface area (Å²) in [6.07, 6.45) is 1.85. The van der Waals surface area contributed by atoms with Gasteiger partial charge in [-0.3, -0.25) is 4.79 Å². The van der Waals surface area contributed by atoms with E-state index in [0.29, 0.717) is 0 Å². The molecule has 1 aromatic heterocycles. The van der Waals surface area contributed by atoms with Crippen molar-refractivity contribution in [1.82, 2.24) is 10.3 Å². The molecule has 6 nitrogen and oxygen atoms in total. The molecule has 0 radical (unpaired) electrons. The Bertz CT molecular complexity index is 1080. The van der Waals surface area contributed by atoms with Gasteiger partial charge in [0.1, 0.15) is 6.04 Å². The van der Waals surface area contributed by atoms with E-state index in [1.807, 2.05) is 26.8 Å². The molecule has 4 rings (SSSR count). The molecule has 0 spiro atoms. The molecule has 1 aliphatic rings. The molecule has 1 atom stereocenters. The smallest absolute Gasteiger partial charge is 0.242 e. The number of thiazole rings is 1. The van der Waals surface area contributed by atoms with E-state index in [-0.39, 0.29) is 18.0 Å². The van der Waals surface area contributed by atoms with Crippen LogP contribution in [0.2, 0.25) is 0 Å². The maximum Gasteiger partial charge on any atom is 0.242 e. The molecule has 1 saturated heterocycles. The highest BCUT2D eigenvalue weighted by molar-refractivity contribution is 7.22. The molecule has 1 aliphatic heterocycles. The van der Waals surface area contributed by atoms with Crippen LogP contribution in [0.15, 0.2) is 24.3 Å². The van der Waals surface area contributed by atoms with E-state index in [2.05, 4.69) is 47.6 Å². The molecule has 0 saturated carbocycles. The number of benzene rings is 2. The maximum atomic E-state index is 12.9. The topological polar surface area (TPSA) is 83.3 Å². The van der Waals surface area contributed by atoms with Crippen molar-refractivity contribution in [2.24, 2.45) is 0 Å². The Hall–Kier alpha value is -2.80. The number of nitrogens with two attached hydrogens (primary N) is 1. The van der Waals surface area contributed by atoms with Crippen molar-refractivity contribution < 1.29 is 4.79 Å². The van der Waals surface area contributed by atoms with Gasteiger partial charge in [0.05, 0.1) is 10.2 Å². The van der Waals surface area contributed by atoms with Crippen molar-refractivity contribution in [3.8, 4) is 0 Å². The number of carbonyl (C=O) groups excluding carboxylic acids is 1. The first-order chi connectivity index (χ1) is 15.3. The molecular weight excluding hydrogens is 418 g/mol. The molecule has 7 heteroatoms. The lowest BCUT2D eigenvalue weighted by molar-refractivity contribution is -0.122. The first kappa shape index (κ1) is 22.4. The first-order valence-corrected chi connectivity index (χ1v) is 12.1. The summed E-state index contributed by atoms with van der Waals surface area (Å²) < 4.78 is 1.22. The summed E-state index contributed by atoms with van der Waals surface area (Å²) in [6.45, 7) is 11.9. The predicted octanol–water partition coefficient (Wildman–Crippen LogP) is 4.70. The second-order valence-corrected chi connectivity index (χ2v) is 9.90. The summed E-state index contributed by atoms with van der Waals surface area (Å²) in [5, 5.41) is 7.76. The van der Waals surface area contributed by atoms with Gasteiger partial charge in [-0.1, -0.05) is 23.5 Å². The molecule has 1 fully saturated rings. The fourth-order valence-electron chi connectivity index (χ4n) is 4.38. The molecule has 1 unspecified atom stereocenters. The van der Waals surface area contributed by atoms with Gasteiger partial charge in [0, 0.05) is 30.5 Å². The Balaban J connectivity index is 1.35. The van der Waals surface area contributed by atoms with Crippen LogP contribution in [0.1, 0.15) is 42.0 Å². The zero-order valence-electron chi connectivity index (χ0n) is 19.6. The van der Waals surface area contributed by atoms with Crippen LogP contribution >= 0.6 is 11.3 Å². The molecule has 3 aromatic rings. The monoisotopic (exact) mass is 451 g/mol. The fraction of sp³-hybridized carbons (Fsp3) is 0.440. The Morgan fingerprint density at radius 3 is 2.34 bits per heavy atom. The summed E-state index contributed by atoms with van der Waals surface area (Å²) in [6, 6.07) is 8.12. The molecule has 4 N–H and O–H groups in total. The van der Waals surface area contributed by atoms with Gasteiger partial charge in [-0.25, -0.2) is 4.98 Å². The van der Waals surface area contributed by atoms with Crippen molar-refractivity contribution in [2.45, 2.75) is 59.5 Å². The minimum Gasteiger partial charge on any atom is -0.398 e. The second-order valence-electron chi connectivity index (χ2n) is 8.89. The maximum absolute atomic E-state index is 12.9. The summed E-state index contributed by atoms with van der Waals surface area (Å²) in [7, 11) is 0. The first-order valence-electron chi connectivity index (χ1n) is 11.3.